The Kier molecular flexibility index (Phi) is 53.2. The van der Waals surface area contributed by atoms with Crippen molar-refractivity contribution in [2.45, 2.75) is 316 Å². The summed E-state index contributed by atoms with van der Waals surface area (Å²) in [6.07, 6.45) is 65.6. The molecule has 0 saturated heterocycles. The minimum absolute atomic E-state index is 0.0744. The maximum atomic E-state index is 12.8. The molecule has 1 atom stereocenters. The van der Waals surface area contributed by atoms with Crippen LogP contribution >= 0.6 is 0 Å². The van der Waals surface area contributed by atoms with Crippen LogP contribution in [0, 0.1) is 0 Å². The van der Waals surface area contributed by atoms with Crippen molar-refractivity contribution < 1.29 is 28.6 Å². The monoisotopic (exact) mass is 927 g/mol. The van der Waals surface area contributed by atoms with E-state index in [-0.39, 0.29) is 31.1 Å². The highest BCUT2D eigenvalue weighted by atomic mass is 16.6. The van der Waals surface area contributed by atoms with Gasteiger partial charge in [0.1, 0.15) is 13.2 Å². The van der Waals surface area contributed by atoms with Crippen LogP contribution in [0.4, 0.5) is 0 Å². The molecule has 0 saturated carbocycles. The van der Waals surface area contributed by atoms with Gasteiger partial charge in [0.05, 0.1) is 0 Å². The lowest BCUT2D eigenvalue weighted by Crippen LogP contribution is -2.30. The lowest BCUT2D eigenvalue weighted by Gasteiger charge is -2.18. The van der Waals surface area contributed by atoms with Crippen LogP contribution in [0.3, 0.4) is 0 Å². The number of unbranched alkanes of at least 4 members (excludes halogenated alkanes) is 36. The van der Waals surface area contributed by atoms with E-state index in [1.165, 1.54) is 173 Å². The summed E-state index contributed by atoms with van der Waals surface area (Å²) in [5.41, 5.74) is 0. The molecule has 386 valence electrons. The Labute approximate surface area is 410 Å². The molecule has 66 heavy (non-hydrogen) atoms. The van der Waals surface area contributed by atoms with Crippen molar-refractivity contribution in [2.24, 2.45) is 0 Å². The van der Waals surface area contributed by atoms with Crippen molar-refractivity contribution in [1.82, 2.24) is 0 Å². The van der Waals surface area contributed by atoms with Gasteiger partial charge in [-0.2, -0.15) is 0 Å². The summed E-state index contributed by atoms with van der Waals surface area (Å²) in [5.74, 6) is -0.872. The van der Waals surface area contributed by atoms with Crippen LogP contribution in [0.25, 0.3) is 0 Å². The first-order valence-corrected chi connectivity index (χ1v) is 29.0. The molecule has 6 nitrogen and oxygen atoms in total. The standard InChI is InChI=1S/C60H110O6/c1-4-7-10-13-16-19-22-25-28-29-30-31-33-35-38-41-44-47-50-53-59(62)65-56-57(55-64-58(61)52-49-46-43-40-37-34-27-24-21-18-15-12-9-6-3)66-60(63)54-51-48-45-42-39-36-32-26-23-20-17-14-11-8-5-2/h8,11,17,20,26,32,57H,4-7,9-10,12-16,18-19,21-25,27-31,33-56H2,1-3H3/b11-8+,20-17+,32-26+/t57-/m1/s1. The zero-order chi connectivity index (χ0) is 47.9. The lowest BCUT2D eigenvalue weighted by molar-refractivity contribution is -0.167. The van der Waals surface area contributed by atoms with E-state index in [9.17, 15) is 14.4 Å². The molecule has 0 aliphatic heterocycles. The molecule has 0 aromatic rings. The van der Waals surface area contributed by atoms with Crippen LogP contribution in [0.15, 0.2) is 36.5 Å². The largest absolute Gasteiger partial charge is 0.462 e. The van der Waals surface area contributed by atoms with E-state index < -0.39 is 6.10 Å². The van der Waals surface area contributed by atoms with E-state index in [0.717, 1.165) is 96.3 Å². The molecule has 6 heteroatoms. The Morgan fingerprint density at radius 3 is 0.924 bits per heavy atom. The third-order valence-corrected chi connectivity index (χ3v) is 12.9. The van der Waals surface area contributed by atoms with E-state index in [2.05, 4.69) is 57.2 Å². The van der Waals surface area contributed by atoms with Gasteiger partial charge in [0.2, 0.25) is 0 Å². The predicted octanol–water partition coefficient (Wildman–Crippen LogP) is 19.3. The number of allylic oxidation sites excluding steroid dienone is 6. The van der Waals surface area contributed by atoms with Gasteiger partial charge in [-0.05, 0) is 51.4 Å². The van der Waals surface area contributed by atoms with Crippen molar-refractivity contribution in [3.05, 3.63) is 36.5 Å². The van der Waals surface area contributed by atoms with Crippen LogP contribution < -0.4 is 0 Å². The van der Waals surface area contributed by atoms with Crippen molar-refractivity contribution >= 4 is 17.9 Å². The SMILES string of the molecule is CC/C=C/C/C=C/C/C=C/CCCCCCCC(=O)O[C@H](COC(=O)CCCCCCCCCCCCCCCC)COC(=O)CCCCCCCCCCCCCCCCCCCCC. The third-order valence-electron chi connectivity index (χ3n) is 12.9. The number of hydrogen-bond acceptors (Lipinski definition) is 6. The summed E-state index contributed by atoms with van der Waals surface area (Å²) in [4.78, 5) is 38.1. The zero-order valence-electron chi connectivity index (χ0n) is 44.2. The van der Waals surface area contributed by atoms with Gasteiger partial charge in [-0.25, -0.2) is 0 Å². The minimum atomic E-state index is -0.777. The number of hydrogen-bond donors (Lipinski definition) is 0. The number of esters is 3. The van der Waals surface area contributed by atoms with E-state index >= 15 is 0 Å². The highest BCUT2D eigenvalue weighted by Gasteiger charge is 2.19. The second kappa shape index (κ2) is 55.2. The van der Waals surface area contributed by atoms with Crippen molar-refractivity contribution in [2.75, 3.05) is 13.2 Å². The van der Waals surface area contributed by atoms with Crippen molar-refractivity contribution in [3.63, 3.8) is 0 Å². The fraction of sp³-hybridized carbons (Fsp3) is 0.850. The smallest absolute Gasteiger partial charge is 0.306 e. The minimum Gasteiger partial charge on any atom is -0.462 e. The first-order chi connectivity index (χ1) is 32.5. The molecule has 0 spiro atoms. The Morgan fingerprint density at radius 2 is 0.591 bits per heavy atom. The van der Waals surface area contributed by atoms with Crippen LogP contribution in [0.1, 0.15) is 310 Å². The molecular weight excluding hydrogens is 817 g/mol. The van der Waals surface area contributed by atoms with E-state index in [0.29, 0.717) is 19.3 Å². The highest BCUT2D eigenvalue weighted by molar-refractivity contribution is 5.71. The van der Waals surface area contributed by atoms with Crippen LogP contribution in [0.5, 0.6) is 0 Å². The fourth-order valence-electron chi connectivity index (χ4n) is 8.58. The average molecular weight is 928 g/mol. The topological polar surface area (TPSA) is 78.9 Å². The van der Waals surface area contributed by atoms with Gasteiger partial charge >= 0.3 is 17.9 Å². The molecule has 0 heterocycles. The molecule has 0 aromatic carbocycles. The summed E-state index contributed by atoms with van der Waals surface area (Å²) in [5, 5.41) is 0. The Bertz CT molecular complexity index is 1110. The molecular formula is C60H110O6. The number of rotatable bonds is 53. The predicted molar refractivity (Wildman–Crippen MR) is 284 cm³/mol. The molecule has 0 radical (unpaired) electrons. The van der Waals surface area contributed by atoms with Gasteiger partial charge in [0.15, 0.2) is 6.10 Å². The summed E-state index contributed by atoms with van der Waals surface area (Å²) >= 11 is 0. The highest BCUT2D eigenvalue weighted by Crippen LogP contribution is 2.17. The molecule has 0 aliphatic carbocycles. The van der Waals surface area contributed by atoms with Crippen molar-refractivity contribution in [1.29, 1.82) is 0 Å². The van der Waals surface area contributed by atoms with Gasteiger partial charge in [0.25, 0.3) is 0 Å². The van der Waals surface area contributed by atoms with Crippen LogP contribution in [0.2, 0.25) is 0 Å². The molecule has 0 aliphatic rings. The maximum absolute atomic E-state index is 12.8. The Balaban J connectivity index is 4.32. The second-order valence-electron chi connectivity index (χ2n) is 19.5. The molecule has 0 amide bonds. The Hall–Kier alpha value is -2.37. The molecule has 0 fully saturated rings. The molecule has 0 aromatic heterocycles. The lowest BCUT2D eigenvalue weighted by atomic mass is 10.0. The molecule has 0 rings (SSSR count). The fourth-order valence-corrected chi connectivity index (χ4v) is 8.58. The van der Waals surface area contributed by atoms with Crippen molar-refractivity contribution in [3.8, 4) is 0 Å². The summed E-state index contributed by atoms with van der Waals surface area (Å²) in [6, 6.07) is 0. The van der Waals surface area contributed by atoms with E-state index in [1.54, 1.807) is 0 Å². The number of ether oxygens (including phenoxy) is 3. The second-order valence-corrected chi connectivity index (χ2v) is 19.5. The quantitative estimate of drug-likeness (QED) is 0.0262. The normalized spacial score (nSPS) is 12.2. The first-order valence-electron chi connectivity index (χ1n) is 29.0. The zero-order valence-corrected chi connectivity index (χ0v) is 44.2. The van der Waals surface area contributed by atoms with E-state index in [1.807, 2.05) is 0 Å². The van der Waals surface area contributed by atoms with Crippen LogP contribution in [-0.4, -0.2) is 37.2 Å². The number of carbonyl (C=O) groups excluding carboxylic acids is 3. The van der Waals surface area contributed by atoms with Gasteiger partial charge in [0, 0.05) is 19.3 Å². The molecule has 0 unspecified atom stereocenters. The van der Waals surface area contributed by atoms with Crippen LogP contribution in [-0.2, 0) is 28.6 Å². The maximum Gasteiger partial charge on any atom is 0.306 e. The van der Waals surface area contributed by atoms with Gasteiger partial charge in [-0.15, -0.1) is 0 Å². The van der Waals surface area contributed by atoms with Gasteiger partial charge < -0.3 is 14.2 Å². The average Bonchev–Trinajstić information content (AvgIpc) is 3.31. The number of carbonyl (C=O) groups is 3. The molecule has 0 N–H and O–H groups in total. The summed E-state index contributed by atoms with van der Waals surface area (Å²) < 4.78 is 16.9. The van der Waals surface area contributed by atoms with Gasteiger partial charge in [-0.3, -0.25) is 14.4 Å². The first kappa shape index (κ1) is 63.6. The molecule has 0 bridgehead atoms. The summed E-state index contributed by atoms with van der Waals surface area (Å²) in [7, 11) is 0. The van der Waals surface area contributed by atoms with E-state index in [4.69, 9.17) is 14.2 Å². The Morgan fingerprint density at radius 1 is 0.318 bits per heavy atom. The third kappa shape index (κ3) is 52.6. The summed E-state index contributed by atoms with van der Waals surface area (Å²) in [6.45, 7) is 6.56. The van der Waals surface area contributed by atoms with Gasteiger partial charge in [-0.1, -0.05) is 276 Å².